The fourth-order valence-corrected chi connectivity index (χ4v) is 2.35. The molecule has 1 aromatic rings. The Hall–Kier alpha value is -1.69. The predicted octanol–water partition coefficient (Wildman–Crippen LogP) is 2.58. The highest BCUT2D eigenvalue weighted by Gasteiger charge is 2.24. The molecule has 1 aromatic heterocycles. The molecule has 1 aliphatic rings. The van der Waals surface area contributed by atoms with Gasteiger partial charge in [-0.25, -0.2) is 5.01 Å². The SMILES string of the molecule is CC1CCCC(C)N1Nc1ccc([N+](=O)[O-])nc1. The highest BCUT2D eigenvalue weighted by molar-refractivity contribution is 5.42. The smallest absolute Gasteiger partial charge is 0.358 e. The fourth-order valence-electron chi connectivity index (χ4n) is 2.35. The topological polar surface area (TPSA) is 71.3 Å². The van der Waals surface area contributed by atoms with Gasteiger partial charge in [0.2, 0.25) is 0 Å². The van der Waals surface area contributed by atoms with Gasteiger partial charge in [-0.1, -0.05) is 6.42 Å². The van der Waals surface area contributed by atoms with Crippen LogP contribution in [0.3, 0.4) is 0 Å². The number of hydrogen-bond acceptors (Lipinski definition) is 5. The maximum absolute atomic E-state index is 10.5. The van der Waals surface area contributed by atoms with Crippen molar-refractivity contribution in [3.63, 3.8) is 0 Å². The molecule has 18 heavy (non-hydrogen) atoms. The van der Waals surface area contributed by atoms with Gasteiger partial charge in [0.1, 0.15) is 0 Å². The zero-order valence-electron chi connectivity index (χ0n) is 10.7. The molecule has 1 fully saturated rings. The van der Waals surface area contributed by atoms with Gasteiger partial charge in [0.05, 0.1) is 5.69 Å². The number of hydrogen-bond donors (Lipinski definition) is 1. The predicted molar refractivity (Wildman–Crippen MR) is 69.1 cm³/mol. The normalized spacial score (nSPS) is 24.8. The molecule has 2 rings (SSSR count). The molecule has 1 N–H and O–H groups in total. The standard InChI is InChI=1S/C12H18N4O2/c1-9-4-3-5-10(2)15(9)14-11-6-7-12(13-8-11)16(17)18/h6-10,14H,3-5H2,1-2H3. The van der Waals surface area contributed by atoms with Gasteiger partial charge in [0.15, 0.2) is 6.20 Å². The van der Waals surface area contributed by atoms with Gasteiger partial charge in [0, 0.05) is 18.2 Å². The van der Waals surface area contributed by atoms with E-state index in [1.54, 1.807) is 6.07 Å². The van der Waals surface area contributed by atoms with Crippen molar-refractivity contribution < 1.29 is 4.92 Å². The van der Waals surface area contributed by atoms with Gasteiger partial charge in [-0.2, -0.15) is 0 Å². The molecular weight excluding hydrogens is 232 g/mol. The first-order valence-corrected chi connectivity index (χ1v) is 6.23. The van der Waals surface area contributed by atoms with E-state index in [1.807, 2.05) is 0 Å². The minimum Gasteiger partial charge on any atom is -0.358 e. The number of hydrazine groups is 1. The van der Waals surface area contributed by atoms with Crippen molar-refractivity contribution in [2.75, 3.05) is 5.43 Å². The number of rotatable bonds is 3. The van der Waals surface area contributed by atoms with Gasteiger partial charge in [-0.05, 0) is 42.7 Å². The molecule has 1 aliphatic heterocycles. The lowest BCUT2D eigenvalue weighted by atomic mass is 10.00. The molecular formula is C12H18N4O2. The lowest BCUT2D eigenvalue weighted by Gasteiger charge is -2.39. The van der Waals surface area contributed by atoms with Crippen molar-refractivity contribution >= 4 is 11.5 Å². The molecule has 0 radical (unpaired) electrons. The van der Waals surface area contributed by atoms with Crippen molar-refractivity contribution in [2.24, 2.45) is 0 Å². The quantitative estimate of drug-likeness (QED) is 0.659. The minimum absolute atomic E-state index is 0.125. The molecule has 2 unspecified atom stereocenters. The molecule has 6 heteroatoms. The summed E-state index contributed by atoms with van der Waals surface area (Å²) in [5.41, 5.74) is 4.09. The number of piperidine rings is 1. The van der Waals surface area contributed by atoms with Crippen LogP contribution in [0.15, 0.2) is 18.3 Å². The first kappa shape index (κ1) is 12.8. The number of nitrogens with zero attached hydrogens (tertiary/aromatic N) is 3. The van der Waals surface area contributed by atoms with Crippen molar-refractivity contribution in [2.45, 2.75) is 45.2 Å². The second-order valence-corrected chi connectivity index (χ2v) is 4.81. The van der Waals surface area contributed by atoms with Crippen LogP contribution in [0.5, 0.6) is 0 Å². The maximum atomic E-state index is 10.5. The number of aromatic nitrogens is 1. The summed E-state index contributed by atoms with van der Waals surface area (Å²) in [5, 5.41) is 12.7. The molecule has 0 bridgehead atoms. The van der Waals surface area contributed by atoms with Crippen LogP contribution in [0.4, 0.5) is 11.5 Å². The number of nitro groups is 1. The Morgan fingerprint density at radius 1 is 1.39 bits per heavy atom. The van der Waals surface area contributed by atoms with Crippen molar-refractivity contribution in [3.8, 4) is 0 Å². The zero-order chi connectivity index (χ0) is 13.1. The van der Waals surface area contributed by atoms with Gasteiger partial charge >= 0.3 is 5.82 Å². The largest absolute Gasteiger partial charge is 0.363 e. The van der Waals surface area contributed by atoms with Crippen LogP contribution in [0.25, 0.3) is 0 Å². The monoisotopic (exact) mass is 250 g/mol. The van der Waals surface area contributed by atoms with E-state index in [1.165, 1.54) is 18.7 Å². The van der Waals surface area contributed by atoms with Crippen LogP contribution in [0, 0.1) is 10.1 Å². The summed E-state index contributed by atoms with van der Waals surface area (Å²) in [7, 11) is 0. The van der Waals surface area contributed by atoms with Crippen LogP contribution in [0.1, 0.15) is 33.1 Å². The van der Waals surface area contributed by atoms with E-state index in [9.17, 15) is 10.1 Å². The Bertz CT molecular complexity index is 411. The van der Waals surface area contributed by atoms with Gasteiger partial charge < -0.3 is 15.5 Å². The number of anilines is 1. The molecule has 0 aromatic carbocycles. The Labute approximate surface area is 106 Å². The van der Waals surface area contributed by atoms with Crippen LogP contribution in [0.2, 0.25) is 0 Å². The summed E-state index contributed by atoms with van der Waals surface area (Å²) in [6.07, 6.45) is 5.08. The van der Waals surface area contributed by atoms with Crippen LogP contribution < -0.4 is 5.43 Å². The van der Waals surface area contributed by atoms with Crippen molar-refractivity contribution in [1.82, 2.24) is 9.99 Å². The summed E-state index contributed by atoms with van der Waals surface area (Å²) in [4.78, 5) is 13.8. The Kier molecular flexibility index (Phi) is 3.76. The lowest BCUT2D eigenvalue weighted by Crippen LogP contribution is -2.47. The van der Waals surface area contributed by atoms with E-state index in [4.69, 9.17) is 0 Å². The highest BCUT2D eigenvalue weighted by atomic mass is 16.6. The van der Waals surface area contributed by atoms with Crippen LogP contribution >= 0.6 is 0 Å². The molecule has 0 spiro atoms. The van der Waals surface area contributed by atoms with Gasteiger partial charge in [-0.15, -0.1) is 0 Å². The molecule has 2 heterocycles. The highest BCUT2D eigenvalue weighted by Crippen LogP contribution is 2.23. The third-order valence-electron chi connectivity index (χ3n) is 3.39. The summed E-state index contributed by atoms with van der Waals surface area (Å²) in [6.45, 7) is 4.36. The Morgan fingerprint density at radius 3 is 2.56 bits per heavy atom. The number of nitrogens with one attached hydrogen (secondary N) is 1. The third-order valence-corrected chi connectivity index (χ3v) is 3.39. The summed E-state index contributed by atoms with van der Waals surface area (Å²) >= 11 is 0. The molecule has 0 amide bonds. The first-order chi connectivity index (χ1) is 8.58. The lowest BCUT2D eigenvalue weighted by molar-refractivity contribution is -0.389. The molecule has 2 atom stereocenters. The van der Waals surface area contributed by atoms with Gasteiger partial charge in [0.25, 0.3) is 0 Å². The van der Waals surface area contributed by atoms with E-state index in [-0.39, 0.29) is 5.82 Å². The second kappa shape index (κ2) is 5.30. The van der Waals surface area contributed by atoms with Crippen molar-refractivity contribution in [3.05, 3.63) is 28.4 Å². The molecule has 0 saturated carbocycles. The maximum Gasteiger partial charge on any atom is 0.363 e. The Morgan fingerprint density at radius 2 is 2.06 bits per heavy atom. The summed E-state index contributed by atoms with van der Waals surface area (Å²) in [6, 6.07) is 4.04. The number of pyridine rings is 1. The summed E-state index contributed by atoms with van der Waals surface area (Å²) in [5.74, 6) is -0.125. The molecule has 0 aliphatic carbocycles. The van der Waals surface area contributed by atoms with Gasteiger partial charge in [-0.3, -0.25) is 0 Å². The van der Waals surface area contributed by atoms with Crippen LogP contribution in [-0.4, -0.2) is 27.0 Å². The Balaban J connectivity index is 2.06. The molecule has 98 valence electrons. The fraction of sp³-hybridized carbons (Fsp3) is 0.583. The third kappa shape index (κ3) is 2.76. The van der Waals surface area contributed by atoms with Crippen molar-refractivity contribution in [1.29, 1.82) is 0 Å². The average molecular weight is 250 g/mol. The second-order valence-electron chi connectivity index (χ2n) is 4.81. The van der Waals surface area contributed by atoms with Crippen LogP contribution in [-0.2, 0) is 0 Å². The van der Waals surface area contributed by atoms with E-state index in [0.717, 1.165) is 18.5 Å². The summed E-state index contributed by atoms with van der Waals surface area (Å²) < 4.78 is 0. The molecule has 6 nitrogen and oxygen atoms in total. The van der Waals surface area contributed by atoms with E-state index < -0.39 is 4.92 Å². The first-order valence-electron chi connectivity index (χ1n) is 6.23. The van der Waals surface area contributed by atoms with E-state index in [0.29, 0.717) is 12.1 Å². The molecule has 1 saturated heterocycles. The van der Waals surface area contributed by atoms with E-state index >= 15 is 0 Å². The zero-order valence-corrected chi connectivity index (χ0v) is 10.7. The average Bonchev–Trinajstić information content (AvgIpc) is 2.34. The minimum atomic E-state index is -0.490. The van der Waals surface area contributed by atoms with E-state index in [2.05, 4.69) is 29.3 Å².